The first kappa shape index (κ1) is 11.0. The Balaban J connectivity index is 1.70. The first-order chi connectivity index (χ1) is 7.26. The largest absolute Gasteiger partial charge is 0.467 e. The van der Waals surface area contributed by atoms with E-state index in [9.17, 15) is 5.11 Å². The Morgan fingerprint density at radius 1 is 1.67 bits per heavy atom. The van der Waals surface area contributed by atoms with Crippen LogP contribution in [0.5, 0.6) is 0 Å². The number of hydrogen-bond donors (Lipinski definition) is 2. The van der Waals surface area contributed by atoms with Crippen molar-refractivity contribution in [1.82, 2.24) is 5.32 Å². The van der Waals surface area contributed by atoms with E-state index in [1.807, 2.05) is 11.8 Å². The zero-order chi connectivity index (χ0) is 10.7. The molecule has 1 atom stereocenters. The number of furan rings is 1. The maximum Gasteiger partial charge on any atom is 0.133 e. The van der Waals surface area contributed by atoms with E-state index in [-0.39, 0.29) is 0 Å². The Morgan fingerprint density at radius 3 is 3.00 bits per heavy atom. The van der Waals surface area contributed by atoms with Gasteiger partial charge in [0.2, 0.25) is 0 Å². The molecule has 1 aliphatic carbocycles. The molecule has 0 radical (unpaired) electrons. The molecule has 1 aromatic rings. The summed E-state index contributed by atoms with van der Waals surface area (Å²) in [6.07, 6.45) is 5.79. The van der Waals surface area contributed by atoms with Crippen LogP contribution in [0.3, 0.4) is 0 Å². The van der Waals surface area contributed by atoms with Crippen molar-refractivity contribution in [2.45, 2.75) is 23.7 Å². The van der Waals surface area contributed by atoms with Gasteiger partial charge in [0.05, 0.1) is 6.26 Å². The highest BCUT2D eigenvalue weighted by atomic mass is 32.2. The smallest absolute Gasteiger partial charge is 0.133 e. The van der Waals surface area contributed by atoms with E-state index in [1.165, 1.54) is 12.8 Å². The topological polar surface area (TPSA) is 45.4 Å². The first-order valence-electron chi connectivity index (χ1n) is 5.23. The van der Waals surface area contributed by atoms with Gasteiger partial charge < -0.3 is 14.8 Å². The minimum absolute atomic E-state index is 0.447. The molecule has 15 heavy (non-hydrogen) atoms. The molecule has 1 aromatic heterocycles. The summed E-state index contributed by atoms with van der Waals surface area (Å²) in [6.45, 7) is 1.54. The van der Waals surface area contributed by atoms with E-state index in [4.69, 9.17) is 4.42 Å². The lowest BCUT2D eigenvalue weighted by Crippen LogP contribution is -2.29. The minimum Gasteiger partial charge on any atom is -0.467 e. The summed E-state index contributed by atoms with van der Waals surface area (Å²) in [5.74, 6) is 0.636. The molecule has 1 aliphatic rings. The van der Waals surface area contributed by atoms with Crippen molar-refractivity contribution in [3.63, 3.8) is 0 Å². The monoisotopic (exact) mass is 227 g/mol. The number of rotatable bonds is 6. The summed E-state index contributed by atoms with van der Waals surface area (Å²) in [5.41, 5.74) is 0. The van der Waals surface area contributed by atoms with Gasteiger partial charge in [-0.1, -0.05) is 0 Å². The van der Waals surface area contributed by atoms with Gasteiger partial charge in [-0.3, -0.25) is 0 Å². The molecule has 1 fully saturated rings. The summed E-state index contributed by atoms with van der Waals surface area (Å²) in [5, 5.41) is 13.0. The molecule has 0 aliphatic heterocycles. The maximum absolute atomic E-state index is 9.74. The Hall–Kier alpha value is -0.450. The first-order valence-corrected chi connectivity index (χ1v) is 6.46. The normalized spacial score (nSPS) is 20.1. The molecule has 2 N–H and O–H groups in total. The fourth-order valence-electron chi connectivity index (χ4n) is 1.61. The highest BCUT2D eigenvalue weighted by Crippen LogP contribution is 2.46. The van der Waals surface area contributed by atoms with Crippen LogP contribution in [0.15, 0.2) is 22.8 Å². The average Bonchev–Trinajstić information content (AvgIpc) is 2.81. The quantitative estimate of drug-likeness (QED) is 0.778. The number of aliphatic hydroxyl groups excluding tert-OH is 1. The van der Waals surface area contributed by atoms with Gasteiger partial charge in [0.1, 0.15) is 11.9 Å². The molecule has 0 bridgehead atoms. The van der Waals surface area contributed by atoms with Crippen molar-refractivity contribution in [2.75, 3.05) is 19.3 Å². The Labute approximate surface area is 94.2 Å². The summed E-state index contributed by atoms with van der Waals surface area (Å²) in [4.78, 5) is 0. The summed E-state index contributed by atoms with van der Waals surface area (Å²) < 4.78 is 5.57. The van der Waals surface area contributed by atoms with Gasteiger partial charge in [-0.15, -0.1) is 0 Å². The highest BCUT2D eigenvalue weighted by Gasteiger charge is 2.41. The fraction of sp³-hybridized carbons (Fsp3) is 0.636. The molecule has 1 heterocycles. The van der Waals surface area contributed by atoms with Crippen LogP contribution >= 0.6 is 11.8 Å². The van der Waals surface area contributed by atoms with Gasteiger partial charge in [0.15, 0.2) is 0 Å². The standard InChI is InChI=1S/C11H17NO2S/c1-15-11(4-5-11)8-12-7-9(13)10-3-2-6-14-10/h2-3,6,9,12-13H,4-5,7-8H2,1H3. The molecule has 4 heteroatoms. The molecule has 2 rings (SSSR count). The third-order valence-electron chi connectivity index (χ3n) is 2.90. The third kappa shape index (κ3) is 2.77. The molecule has 84 valence electrons. The van der Waals surface area contributed by atoms with Gasteiger partial charge in [-0.25, -0.2) is 0 Å². The van der Waals surface area contributed by atoms with Gasteiger partial charge >= 0.3 is 0 Å². The molecular formula is C11H17NO2S. The molecule has 1 saturated carbocycles. The zero-order valence-corrected chi connectivity index (χ0v) is 9.72. The van der Waals surface area contributed by atoms with Crippen molar-refractivity contribution < 1.29 is 9.52 Å². The van der Waals surface area contributed by atoms with E-state index < -0.39 is 6.10 Å². The second kappa shape index (κ2) is 4.60. The summed E-state index contributed by atoms with van der Waals surface area (Å²) in [7, 11) is 0. The van der Waals surface area contributed by atoms with E-state index in [0.717, 1.165) is 6.54 Å². The van der Waals surface area contributed by atoms with Crippen LogP contribution in [0.2, 0.25) is 0 Å². The van der Waals surface area contributed by atoms with Crippen molar-refractivity contribution in [3.8, 4) is 0 Å². The molecule has 1 unspecified atom stereocenters. The average molecular weight is 227 g/mol. The van der Waals surface area contributed by atoms with E-state index >= 15 is 0 Å². The van der Waals surface area contributed by atoms with Crippen LogP contribution < -0.4 is 5.32 Å². The zero-order valence-electron chi connectivity index (χ0n) is 8.90. The maximum atomic E-state index is 9.74. The number of aliphatic hydroxyl groups is 1. The second-order valence-electron chi connectivity index (χ2n) is 4.05. The number of thioether (sulfide) groups is 1. The number of hydrogen-bond acceptors (Lipinski definition) is 4. The predicted molar refractivity (Wildman–Crippen MR) is 62.0 cm³/mol. The lowest BCUT2D eigenvalue weighted by Gasteiger charge is -2.14. The van der Waals surface area contributed by atoms with Crippen LogP contribution in [-0.4, -0.2) is 29.2 Å². The van der Waals surface area contributed by atoms with Gasteiger partial charge in [0, 0.05) is 17.8 Å². The lowest BCUT2D eigenvalue weighted by atomic mass is 10.2. The fourth-order valence-corrected chi connectivity index (χ4v) is 2.37. The van der Waals surface area contributed by atoms with E-state index in [0.29, 0.717) is 17.1 Å². The lowest BCUT2D eigenvalue weighted by molar-refractivity contribution is 0.147. The van der Waals surface area contributed by atoms with Crippen LogP contribution in [-0.2, 0) is 0 Å². The van der Waals surface area contributed by atoms with E-state index in [2.05, 4.69) is 11.6 Å². The van der Waals surface area contributed by atoms with Crippen LogP contribution in [0.4, 0.5) is 0 Å². The third-order valence-corrected chi connectivity index (χ3v) is 4.32. The Kier molecular flexibility index (Phi) is 3.38. The molecule has 0 amide bonds. The van der Waals surface area contributed by atoms with Crippen molar-refractivity contribution >= 4 is 11.8 Å². The predicted octanol–water partition coefficient (Wildman–Crippen LogP) is 1.80. The van der Waals surface area contributed by atoms with Crippen LogP contribution in [0, 0.1) is 0 Å². The van der Waals surface area contributed by atoms with E-state index in [1.54, 1.807) is 18.4 Å². The Bertz CT molecular complexity index is 296. The van der Waals surface area contributed by atoms with Gasteiger partial charge in [0.25, 0.3) is 0 Å². The molecule has 0 aromatic carbocycles. The molecule has 3 nitrogen and oxygen atoms in total. The second-order valence-corrected chi connectivity index (χ2v) is 5.32. The highest BCUT2D eigenvalue weighted by molar-refractivity contribution is 8.00. The van der Waals surface area contributed by atoms with Crippen molar-refractivity contribution in [3.05, 3.63) is 24.2 Å². The summed E-state index contributed by atoms with van der Waals surface area (Å²) >= 11 is 1.92. The van der Waals surface area contributed by atoms with Gasteiger partial charge in [-0.05, 0) is 31.2 Å². The molecule has 0 saturated heterocycles. The SMILES string of the molecule is CSC1(CNCC(O)c2ccco2)CC1. The summed E-state index contributed by atoms with van der Waals surface area (Å²) in [6, 6.07) is 3.59. The molecule has 0 spiro atoms. The van der Waals surface area contributed by atoms with Gasteiger partial charge in [-0.2, -0.15) is 11.8 Å². The molecular weight excluding hydrogens is 210 g/mol. The van der Waals surface area contributed by atoms with Crippen LogP contribution in [0.25, 0.3) is 0 Å². The van der Waals surface area contributed by atoms with Crippen molar-refractivity contribution in [1.29, 1.82) is 0 Å². The van der Waals surface area contributed by atoms with Crippen molar-refractivity contribution in [2.24, 2.45) is 0 Å². The van der Waals surface area contributed by atoms with Crippen LogP contribution in [0.1, 0.15) is 24.7 Å². The minimum atomic E-state index is -0.530. The Morgan fingerprint density at radius 2 is 2.47 bits per heavy atom. The number of nitrogens with one attached hydrogen (secondary N) is 1.